The van der Waals surface area contributed by atoms with Crippen molar-refractivity contribution in [3.8, 4) is 0 Å². The topological polar surface area (TPSA) is 37.4 Å². The number of nitrogens with zero attached hydrogens (tertiary/aromatic N) is 1. The molecule has 0 spiro atoms. The number of rotatable bonds is 3. The van der Waals surface area contributed by atoms with Crippen molar-refractivity contribution in [2.75, 3.05) is 4.90 Å². The number of halogens is 1. The summed E-state index contributed by atoms with van der Waals surface area (Å²) in [7, 11) is 0. The molecule has 3 nitrogen and oxygen atoms in total. The van der Waals surface area contributed by atoms with Crippen molar-refractivity contribution in [3.63, 3.8) is 0 Å². The number of anilines is 1. The molecule has 2 aromatic rings. The second-order valence-corrected chi connectivity index (χ2v) is 9.65. The number of ketones is 1. The van der Waals surface area contributed by atoms with Crippen molar-refractivity contribution >= 4 is 29.0 Å². The summed E-state index contributed by atoms with van der Waals surface area (Å²) in [4.78, 5) is 28.9. The van der Waals surface area contributed by atoms with Crippen LogP contribution in [0.25, 0.3) is 0 Å². The summed E-state index contributed by atoms with van der Waals surface area (Å²) in [6, 6.07) is 13.7. The van der Waals surface area contributed by atoms with Gasteiger partial charge >= 0.3 is 0 Å². The second-order valence-electron chi connectivity index (χ2n) is 9.24. The van der Waals surface area contributed by atoms with Gasteiger partial charge in [0.15, 0.2) is 5.78 Å². The zero-order chi connectivity index (χ0) is 21.6. The van der Waals surface area contributed by atoms with Crippen LogP contribution in [-0.4, -0.2) is 11.7 Å². The van der Waals surface area contributed by atoms with Crippen molar-refractivity contribution in [1.82, 2.24) is 0 Å². The minimum atomic E-state index is -0.282. The van der Waals surface area contributed by atoms with Crippen LogP contribution >= 0.6 is 11.6 Å². The molecule has 0 N–H and O–H groups in total. The van der Waals surface area contributed by atoms with Gasteiger partial charge in [0.25, 0.3) is 0 Å². The Morgan fingerprint density at radius 2 is 1.80 bits per heavy atom. The third-order valence-electron chi connectivity index (χ3n) is 6.35. The fraction of sp³-hybridized carbons (Fsp3) is 0.385. The van der Waals surface area contributed by atoms with Crippen LogP contribution < -0.4 is 4.90 Å². The molecular formula is C26H28ClNO2. The van der Waals surface area contributed by atoms with E-state index in [1.807, 2.05) is 48.2 Å². The van der Waals surface area contributed by atoms with E-state index < -0.39 is 0 Å². The maximum absolute atomic E-state index is 13.6. The van der Waals surface area contributed by atoms with Crippen LogP contribution in [0.4, 0.5) is 5.69 Å². The standard InChI is InChI=1S/C26H28ClNO2/c1-5-17-10-8-9-16(2)25(17)28-21-14-26(3,4)15-22(29)24(21)19(13-23(28)30)18-11-6-7-12-20(18)27/h6-12,19H,5,13-15H2,1-4H3. The average Bonchev–Trinajstić information content (AvgIpc) is 2.67. The van der Waals surface area contributed by atoms with Gasteiger partial charge in [-0.15, -0.1) is 0 Å². The van der Waals surface area contributed by atoms with Crippen molar-refractivity contribution in [2.24, 2.45) is 5.41 Å². The first kappa shape index (κ1) is 20.9. The van der Waals surface area contributed by atoms with Gasteiger partial charge in [0.1, 0.15) is 0 Å². The second kappa shape index (κ2) is 7.70. The van der Waals surface area contributed by atoms with Gasteiger partial charge < -0.3 is 0 Å². The highest BCUT2D eigenvalue weighted by Crippen LogP contribution is 2.49. The van der Waals surface area contributed by atoms with Crippen LogP contribution in [0.3, 0.4) is 0 Å². The van der Waals surface area contributed by atoms with E-state index in [9.17, 15) is 9.59 Å². The predicted molar refractivity (Wildman–Crippen MR) is 122 cm³/mol. The van der Waals surface area contributed by atoms with Crippen LogP contribution in [0, 0.1) is 12.3 Å². The van der Waals surface area contributed by atoms with E-state index in [0.29, 0.717) is 17.9 Å². The summed E-state index contributed by atoms with van der Waals surface area (Å²) in [6.07, 6.45) is 2.27. The van der Waals surface area contributed by atoms with Gasteiger partial charge in [-0.2, -0.15) is 0 Å². The normalized spacial score (nSPS) is 21.1. The number of hydrogen-bond acceptors (Lipinski definition) is 2. The maximum atomic E-state index is 13.6. The number of para-hydroxylation sites is 1. The van der Waals surface area contributed by atoms with Crippen LogP contribution in [0.15, 0.2) is 53.7 Å². The van der Waals surface area contributed by atoms with Gasteiger partial charge in [-0.3, -0.25) is 14.5 Å². The molecule has 2 aromatic carbocycles. The lowest BCUT2D eigenvalue weighted by Crippen LogP contribution is -2.44. The largest absolute Gasteiger partial charge is 0.294 e. The number of hydrogen-bond donors (Lipinski definition) is 0. The highest BCUT2D eigenvalue weighted by Gasteiger charge is 2.45. The molecule has 0 bridgehead atoms. The van der Waals surface area contributed by atoms with E-state index in [1.165, 1.54) is 0 Å². The fourth-order valence-electron chi connectivity index (χ4n) is 5.02. The number of Topliss-reactive ketones (excluding diaryl/α,β-unsaturated/α-hetero) is 1. The molecule has 0 aromatic heterocycles. The Morgan fingerprint density at radius 1 is 1.07 bits per heavy atom. The molecule has 30 heavy (non-hydrogen) atoms. The lowest BCUT2D eigenvalue weighted by Gasteiger charge is -2.44. The number of carbonyl (C=O) groups excluding carboxylic acids is 2. The first-order chi connectivity index (χ1) is 14.2. The molecule has 1 unspecified atom stereocenters. The molecule has 1 aliphatic carbocycles. The Labute approximate surface area is 183 Å². The molecule has 2 aliphatic rings. The molecule has 0 saturated heterocycles. The van der Waals surface area contributed by atoms with E-state index in [-0.39, 0.29) is 29.4 Å². The number of aryl methyl sites for hydroxylation is 2. The minimum Gasteiger partial charge on any atom is -0.294 e. The first-order valence-electron chi connectivity index (χ1n) is 10.7. The van der Waals surface area contributed by atoms with Crippen LogP contribution in [0.2, 0.25) is 5.02 Å². The number of allylic oxidation sites excluding steroid dienone is 2. The van der Waals surface area contributed by atoms with Gasteiger partial charge in [0.2, 0.25) is 5.91 Å². The molecule has 4 rings (SSSR count). The van der Waals surface area contributed by atoms with Gasteiger partial charge in [-0.1, -0.05) is 68.8 Å². The molecule has 0 radical (unpaired) electrons. The summed E-state index contributed by atoms with van der Waals surface area (Å²) < 4.78 is 0. The number of carbonyl (C=O) groups is 2. The van der Waals surface area contributed by atoms with Gasteiger partial charge in [0, 0.05) is 35.1 Å². The first-order valence-corrected chi connectivity index (χ1v) is 11.0. The van der Waals surface area contributed by atoms with Crippen LogP contribution in [0.5, 0.6) is 0 Å². The molecule has 1 aliphatic heterocycles. The molecule has 1 atom stereocenters. The number of benzene rings is 2. The SMILES string of the molecule is CCc1cccc(C)c1N1C(=O)CC(c2ccccc2Cl)C2=C1CC(C)(C)CC2=O. The fourth-order valence-corrected chi connectivity index (χ4v) is 5.29. The average molecular weight is 422 g/mol. The Balaban J connectivity index is 1.98. The third kappa shape index (κ3) is 3.50. The maximum Gasteiger partial charge on any atom is 0.232 e. The molecule has 0 saturated carbocycles. The molecule has 4 heteroatoms. The molecule has 0 fully saturated rings. The Morgan fingerprint density at radius 3 is 2.50 bits per heavy atom. The van der Waals surface area contributed by atoms with Crippen molar-refractivity contribution in [2.45, 2.75) is 59.3 Å². The van der Waals surface area contributed by atoms with Gasteiger partial charge in [0.05, 0.1) is 5.69 Å². The van der Waals surface area contributed by atoms with Crippen molar-refractivity contribution in [1.29, 1.82) is 0 Å². The van der Waals surface area contributed by atoms with Crippen LogP contribution in [-0.2, 0) is 16.0 Å². The predicted octanol–water partition coefficient (Wildman–Crippen LogP) is 6.37. The van der Waals surface area contributed by atoms with E-state index in [1.54, 1.807) is 0 Å². The zero-order valence-corrected chi connectivity index (χ0v) is 18.8. The quantitative estimate of drug-likeness (QED) is 0.577. The lowest BCUT2D eigenvalue weighted by molar-refractivity contribution is -0.121. The van der Waals surface area contributed by atoms with Gasteiger partial charge in [-0.25, -0.2) is 0 Å². The third-order valence-corrected chi connectivity index (χ3v) is 6.69. The van der Waals surface area contributed by atoms with E-state index in [4.69, 9.17) is 11.6 Å². The van der Waals surface area contributed by atoms with Gasteiger partial charge in [-0.05, 0) is 47.9 Å². The Kier molecular flexibility index (Phi) is 5.36. The smallest absolute Gasteiger partial charge is 0.232 e. The highest BCUT2D eigenvalue weighted by atomic mass is 35.5. The summed E-state index contributed by atoms with van der Waals surface area (Å²) >= 11 is 6.51. The minimum absolute atomic E-state index is 0.0353. The lowest BCUT2D eigenvalue weighted by atomic mass is 9.69. The number of amides is 1. The summed E-state index contributed by atoms with van der Waals surface area (Å²) in [5.74, 6) is -0.112. The summed E-state index contributed by atoms with van der Waals surface area (Å²) in [5, 5.41) is 0.610. The summed E-state index contributed by atoms with van der Waals surface area (Å²) in [5.41, 5.74) is 5.44. The van der Waals surface area contributed by atoms with E-state index in [2.05, 4.69) is 26.8 Å². The van der Waals surface area contributed by atoms with E-state index >= 15 is 0 Å². The molecule has 1 amide bonds. The molecular weight excluding hydrogens is 394 g/mol. The Bertz CT molecular complexity index is 1070. The molecule has 156 valence electrons. The monoisotopic (exact) mass is 421 g/mol. The van der Waals surface area contributed by atoms with Crippen molar-refractivity contribution in [3.05, 3.63) is 75.4 Å². The van der Waals surface area contributed by atoms with Crippen LogP contribution in [0.1, 0.15) is 62.6 Å². The highest BCUT2D eigenvalue weighted by molar-refractivity contribution is 6.31. The Hall–Kier alpha value is -2.39. The molecule has 1 heterocycles. The van der Waals surface area contributed by atoms with E-state index in [0.717, 1.165) is 40.1 Å². The van der Waals surface area contributed by atoms with Crippen molar-refractivity contribution < 1.29 is 9.59 Å². The zero-order valence-electron chi connectivity index (χ0n) is 18.1. The summed E-state index contributed by atoms with van der Waals surface area (Å²) in [6.45, 7) is 8.35.